The molecule has 0 aliphatic rings. The Balaban J connectivity index is 1.96. The van der Waals surface area contributed by atoms with E-state index in [1.807, 2.05) is 32.0 Å². The van der Waals surface area contributed by atoms with Gasteiger partial charge in [0, 0.05) is 34.4 Å². The van der Waals surface area contributed by atoms with Gasteiger partial charge in [0.1, 0.15) is 0 Å². The number of aromatic nitrogens is 2. The highest BCUT2D eigenvalue weighted by molar-refractivity contribution is 6.31. The molecule has 4 nitrogen and oxygen atoms in total. The van der Waals surface area contributed by atoms with Crippen molar-refractivity contribution in [3.63, 3.8) is 0 Å². The van der Waals surface area contributed by atoms with E-state index in [1.165, 1.54) is 0 Å². The number of halogens is 1. The Kier molecular flexibility index (Phi) is 4.58. The van der Waals surface area contributed by atoms with Crippen molar-refractivity contribution in [2.75, 3.05) is 6.54 Å². The van der Waals surface area contributed by atoms with E-state index in [-0.39, 0.29) is 6.04 Å². The Bertz CT molecular complexity index is 541. The molecule has 1 heterocycles. The number of aromatic amines is 1. The molecular weight excluding hydrogens is 262 g/mol. The van der Waals surface area contributed by atoms with Gasteiger partial charge in [-0.2, -0.15) is 5.10 Å². The van der Waals surface area contributed by atoms with Crippen molar-refractivity contribution in [2.45, 2.75) is 26.0 Å². The van der Waals surface area contributed by atoms with Crippen LogP contribution in [0.1, 0.15) is 35.9 Å². The van der Waals surface area contributed by atoms with Crippen molar-refractivity contribution in [1.29, 1.82) is 0 Å². The van der Waals surface area contributed by atoms with E-state index < -0.39 is 6.10 Å². The third kappa shape index (κ3) is 3.35. The number of benzene rings is 1. The molecule has 0 fully saturated rings. The van der Waals surface area contributed by atoms with E-state index in [9.17, 15) is 5.11 Å². The van der Waals surface area contributed by atoms with Gasteiger partial charge in [-0.05, 0) is 19.9 Å². The molecule has 1 aromatic carbocycles. The van der Waals surface area contributed by atoms with Crippen LogP contribution >= 0.6 is 11.6 Å². The van der Waals surface area contributed by atoms with Crippen LogP contribution in [0.15, 0.2) is 30.5 Å². The fraction of sp³-hybridized carbons (Fsp3) is 0.357. The normalized spacial score (nSPS) is 14.3. The molecule has 1 aromatic heterocycles. The molecule has 3 N–H and O–H groups in total. The summed E-state index contributed by atoms with van der Waals surface area (Å²) < 4.78 is 0. The molecule has 0 spiro atoms. The van der Waals surface area contributed by atoms with Gasteiger partial charge in [-0.3, -0.25) is 5.10 Å². The standard InChI is InChI=1S/C14H18ClN3O/c1-9(12-7-17-18-10(12)2)16-8-14(19)11-5-3-4-6-13(11)15/h3-7,9,14,16,19H,8H2,1-2H3,(H,17,18). The molecule has 0 aliphatic heterocycles. The van der Waals surface area contributed by atoms with Crippen LogP contribution in [0.3, 0.4) is 0 Å². The van der Waals surface area contributed by atoms with Crippen molar-refractivity contribution < 1.29 is 5.11 Å². The van der Waals surface area contributed by atoms with Gasteiger partial charge in [0.2, 0.25) is 0 Å². The molecule has 0 aliphatic carbocycles. The Morgan fingerprint density at radius 1 is 1.37 bits per heavy atom. The number of aliphatic hydroxyl groups is 1. The first-order valence-electron chi connectivity index (χ1n) is 6.25. The maximum Gasteiger partial charge on any atom is 0.0928 e. The van der Waals surface area contributed by atoms with E-state index in [0.717, 1.165) is 16.8 Å². The van der Waals surface area contributed by atoms with Gasteiger partial charge in [-0.25, -0.2) is 0 Å². The second kappa shape index (κ2) is 6.19. The van der Waals surface area contributed by atoms with E-state index in [1.54, 1.807) is 12.3 Å². The minimum absolute atomic E-state index is 0.121. The average Bonchev–Trinajstić information content (AvgIpc) is 2.82. The molecule has 0 saturated carbocycles. The molecule has 19 heavy (non-hydrogen) atoms. The molecule has 2 unspecified atom stereocenters. The van der Waals surface area contributed by atoms with Crippen molar-refractivity contribution in [3.8, 4) is 0 Å². The fourth-order valence-corrected chi connectivity index (χ4v) is 2.31. The lowest BCUT2D eigenvalue weighted by Gasteiger charge is -2.18. The summed E-state index contributed by atoms with van der Waals surface area (Å²) in [5.41, 5.74) is 2.88. The first-order valence-corrected chi connectivity index (χ1v) is 6.63. The summed E-state index contributed by atoms with van der Waals surface area (Å²) in [5.74, 6) is 0. The largest absolute Gasteiger partial charge is 0.387 e. The molecule has 2 atom stereocenters. The van der Waals surface area contributed by atoms with Crippen LogP contribution in [0.2, 0.25) is 5.02 Å². The van der Waals surface area contributed by atoms with Crippen LogP contribution in [-0.2, 0) is 0 Å². The number of hydrogen-bond donors (Lipinski definition) is 3. The van der Waals surface area contributed by atoms with Crippen LogP contribution in [0.4, 0.5) is 0 Å². The molecule has 5 heteroatoms. The monoisotopic (exact) mass is 279 g/mol. The maximum atomic E-state index is 10.1. The molecule has 0 bridgehead atoms. The van der Waals surface area contributed by atoms with E-state index >= 15 is 0 Å². The first-order chi connectivity index (χ1) is 9.09. The van der Waals surface area contributed by atoms with Crippen molar-refractivity contribution >= 4 is 11.6 Å². The van der Waals surface area contributed by atoms with Crippen molar-refractivity contribution in [3.05, 3.63) is 52.3 Å². The van der Waals surface area contributed by atoms with E-state index in [2.05, 4.69) is 15.5 Å². The van der Waals surface area contributed by atoms with Crippen LogP contribution < -0.4 is 5.32 Å². The average molecular weight is 280 g/mol. The lowest BCUT2D eigenvalue weighted by molar-refractivity contribution is 0.171. The van der Waals surface area contributed by atoms with E-state index in [0.29, 0.717) is 11.6 Å². The van der Waals surface area contributed by atoms with Crippen LogP contribution in [0.25, 0.3) is 0 Å². The number of hydrogen-bond acceptors (Lipinski definition) is 3. The first kappa shape index (κ1) is 14.1. The zero-order valence-corrected chi connectivity index (χ0v) is 11.8. The maximum absolute atomic E-state index is 10.1. The van der Waals surface area contributed by atoms with Gasteiger partial charge in [-0.1, -0.05) is 29.8 Å². The SMILES string of the molecule is Cc1[nH]ncc1C(C)NCC(O)c1ccccc1Cl. The van der Waals surface area contributed by atoms with Crippen LogP contribution in [0.5, 0.6) is 0 Å². The summed E-state index contributed by atoms with van der Waals surface area (Å²) in [4.78, 5) is 0. The number of rotatable bonds is 5. The minimum Gasteiger partial charge on any atom is -0.387 e. The zero-order valence-electron chi connectivity index (χ0n) is 11.0. The summed E-state index contributed by atoms with van der Waals surface area (Å²) in [6.45, 7) is 4.46. The summed E-state index contributed by atoms with van der Waals surface area (Å²) >= 11 is 6.06. The Morgan fingerprint density at radius 3 is 2.74 bits per heavy atom. The highest BCUT2D eigenvalue weighted by Gasteiger charge is 2.14. The van der Waals surface area contributed by atoms with Gasteiger partial charge in [0.15, 0.2) is 0 Å². The lowest BCUT2D eigenvalue weighted by atomic mass is 10.1. The number of nitrogens with zero attached hydrogens (tertiary/aromatic N) is 1. The fourth-order valence-electron chi connectivity index (χ4n) is 2.05. The molecule has 102 valence electrons. The predicted octanol–water partition coefficient (Wildman–Crippen LogP) is 2.76. The molecule has 0 saturated heterocycles. The van der Waals surface area contributed by atoms with Crippen molar-refractivity contribution in [2.24, 2.45) is 0 Å². The number of H-pyrrole nitrogens is 1. The Morgan fingerprint density at radius 2 is 2.11 bits per heavy atom. The predicted molar refractivity (Wildman–Crippen MR) is 76.2 cm³/mol. The quantitative estimate of drug-likeness (QED) is 0.789. The molecular formula is C14H18ClN3O. The topological polar surface area (TPSA) is 60.9 Å². The molecule has 0 amide bonds. The van der Waals surface area contributed by atoms with Gasteiger partial charge in [-0.15, -0.1) is 0 Å². The number of nitrogens with one attached hydrogen (secondary N) is 2. The summed E-state index contributed by atoms with van der Waals surface area (Å²) in [5, 5.41) is 20.9. The third-order valence-corrected chi connectivity index (χ3v) is 3.56. The second-order valence-electron chi connectivity index (χ2n) is 4.62. The van der Waals surface area contributed by atoms with Gasteiger partial charge < -0.3 is 10.4 Å². The lowest BCUT2D eigenvalue weighted by Crippen LogP contribution is -2.25. The molecule has 2 aromatic rings. The van der Waals surface area contributed by atoms with Gasteiger partial charge >= 0.3 is 0 Å². The smallest absolute Gasteiger partial charge is 0.0928 e. The highest BCUT2D eigenvalue weighted by Crippen LogP contribution is 2.23. The van der Waals surface area contributed by atoms with Gasteiger partial charge in [0.05, 0.1) is 12.3 Å². The Hall–Kier alpha value is -1.36. The van der Waals surface area contributed by atoms with Crippen LogP contribution in [-0.4, -0.2) is 21.8 Å². The molecule has 0 radical (unpaired) electrons. The third-order valence-electron chi connectivity index (χ3n) is 3.22. The van der Waals surface area contributed by atoms with E-state index in [4.69, 9.17) is 11.6 Å². The molecule has 2 rings (SSSR count). The zero-order chi connectivity index (χ0) is 13.8. The number of aryl methyl sites for hydroxylation is 1. The van der Waals surface area contributed by atoms with Crippen LogP contribution in [0, 0.1) is 6.92 Å². The second-order valence-corrected chi connectivity index (χ2v) is 5.02. The highest BCUT2D eigenvalue weighted by atomic mass is 35.5. The Labute approximate surface area is 117 Å². The summed E-state index contributed by atoms with van der Waals surface area (Å²) in [6.07, 6.45) is 1.18. The number of aliphatic hydroxyl groups excluding tert-OH is 1. The van der Waals surface area contributed by atoms with Crippen molar-refractivity contribution in [1.82, 2.24) is 15.5 Å². The summed E-state index contributed by atoms with van der Waals surface area (Å²) in [6, 6.07) is 7.46. The minimum atomic E-state index is -0.622. The summed E-state index contributed by atoms with van der Waals surface area (Å²) in [7, 11) is 0. The van der Waals surface area contributed by atoms with Gasteiger partial charge in [0.25, 0.3) is 0 Å².